The van der Waals surface area contributed by atoms with Gasteiger partial charge < -0.3 is 9.47 Å². The standard InChI is InChI=1S/C6H11N2O2/c1-2-9-6(8-1)5-3-7-4-10-5/h2,5-8H,1,3-4H2. The molecule has 2 saturated heterocycles. The molecule has 2 aliphatic heterocycles. The topological polar surface area (TPSA) is 42.5 Å². The molecule has 57 valence electrons. The molecule has 1 radical (unpaired) electrons. The molecular formula is C6H11N2O2. The molecule has 4 nitrogen and oxygen atoms in total. The SMILES string of the molecule is [CH]1CNC(C2CNCO2)O1. The highest BCUT2D eigenvalue weighted by Gasteiger charge is 2.28. The lowest BCUT2D eigenvalue weighted by Gasteiger charge is -2.15. The molecule has 2 unspecified atom stereocenters. The highest BCUT2D eigenvalue weighted by atomic mass is 16.6. The summed E-state index contributed by atoms with van der Waals surface area (Å²) in [6.07, 6.45) is 0.244. The Kier molecular flexibility index (Phi) is 1.86. The van der Waals surface area contributed by atoms with Crippen molar-refractivity contribution in [2.75, 3.05) is 19.8 Å². The fraction of sp³-hybridized carbons (Fsp3) is 0.833. The van der Waals surface area contributed by atoms with E-state index in [0.29, 0.717) is 6.73 Å². The zero-order valence-corrected chi connectivity index (χ0v) is 5.67. The highest BCUT2D eigenvalue weighted by Crippen LogP contribution is 2.09. The summed E-state index contributed by atoms with van der Waals surface area (Å²) in [6.45, 7) is 4.12. The summed E-state index contributed by atoms with van der Waals surface area (Å²) in [5.41, 5.74) is 0. The van der Waals surface area contributed by atoms with Gasteiger partial charge in [0.25, 0.3) is 0 Å². The number of hydrogen-bond donors (Lipinski definition) is 2. The van der Waals surface area contributed by atoms with Crippen molar-refractivity contribution in [2.24, 2.45) is 0 Å². The molecule has 0 aromatic rings. The summed E-state index contributed by atoms with van der Waals surface area (Å²) in [6, 6.07) is 0. The van der Waals surface area contributed by atoms with Crippen LogP contribution in [-0.4, -0.2) is 32.2 Å². The fourth-order valence-electron chi connectivity index (χ4n) is 1.20. The molecule has 0 aromatic carbocycles. The van der Waals surface area contributed by atoms with Crippen LogP contribution in [0.2, 0.25) is 0 Å². The average Bonchev–Trinajstić information content (AvgIpc) is 2.59. The predicted molar refractivity (Wildman–Crippen MR) is 34.9 cm³/mol. The lowest BCUT2D eigenvalue weighted by atomic mass is 10.3. The molecule has 0 aromatic heterocycles. The minimum absolute atomic E-state index is 0.0648. The Morgan fingerprint density at radius 1 is 1.50 bits per heavy atom. The van der Waals surface area contributed by atoms with Crippen LogP contribution in [0.3, 0.4) is 0 Å². The monoisotopic (exact) mass is 143 g/mol. The van der Waals surface area contributed by atoms with E-state index in [4.69, 9.17) is 9.47 Å². The fourth-order valence-corrected chi connectivity index (χ4v) is 1.20. The third-order valence-electron chi connectivity index (χ3n) is 1.73. The van der Waals surface area contributed by atoms with Crippen LogP contribution in [0.4, 0.5) is 0 Å². The Labute approximate surface area is 59.9 Å². The molecule has 2 N–H and O–H groups in total. The lowest BCUT2D eigenvalue weighted by Crippen LogP contribution is -2.38. The largest absolute Gasteiger partial charge is 0.358 e. The van der Waals surface area contributed by atoms with Crippen LogP contribution in [0.5, 0.6) is 0 Å². The van der Waals surface area contributed by atoms with E-state index < -0.39 is 0 Å². The van der Waals surface area contributed by atoms with Crippen molar-refractivity contribution in [3.8, 4) is 0 Å². The maximum Gasteiger partial charge on any atom is 0.136 e. The smallest absolute Gasteiger partial charge is 0.136 e. The first-order valence-electron chi connectivity index (χ1n) is 3.49. The number of rotatable bonds is 1. The van der Waals surface area contributed by atoms with E-state index in [9.17, 15) is 0 Å². The van der Waals surface area contributed by atoms with E-state index in [-0.39, 0.29) is 12.3 Å². The van der Waals surface area contributed by atoms with Gasteiger partial charge >= 0.3 is 0 Å². The number of ether oxygens (including phenoxy) is 2. The molecule has 0 aliphatic carbocycles. The van der Waals surface area contributed by atoms with Gasteiger partial charge in [-0.25, -0.2) is 0 Å². The van der Waals surface area contributed by atoms with Crippen LogP contribution in [0.1, 0.15) is 0 Å². The summed E-state index contributed by atoms with van der Waals surface area (Å²) in [4.78, 5) is 0. The van der Waals surface area contributed by atoms with Crippen LogP contribution >= 0.6 is 0 Å². The number of hydrogen-bond acceptors (Lipinski definition) is 4. The summed E-state index contributed by atoms with van der Waals surface area (Å²) < 4.78 is 10.6. The normalized spacial score (nSPS) is 40.8. The van der Waals surface area contributed by atoms with Crippen molar-refractivity contribution < 1.29 is 9.47 Å². The molecule has 2 heterocycles. The molecule has 0 bridgehead atoms. The van der Waals surface area contributed by atoms with Crippen molar-refractivity contribution in [1.29, 1.82) is 0 Å². The summed E-state index contributed by atoms with van der Waals surface area (Å²) in [5, 5.41) is 6.25. The second kappa shape index (κ2) is 2.84. The molecule has 2 rings (SSSR count). The van der Waals surface area contributed by atoms with E-state index in [1.165, 1.54) is 0 Å². The Balaban J connectivity index is 1.85. The molecule has 0 saturated carbocycles. The summed E-state index contributed by atoms with van der Waals surface area (Å²) in [7, 11) is 0. The van der Waals surface area contributed by atoms with Gasteiger partial charge in [0.15, 0.2) is 0 Å². The van der Waals surface area contributed by atoms with Gasteiger partial charge in [0.05, 0.1) is 13.3 Å². The minimum Gasteiger partial charge on any atom is -0.358 e. The Bertz CT molecular complexity index is 94.3. The van der Waals surface area contributed by atoms with E-state index in [1.54, 1.807) is 6.61 Å². The van der Waals surface area contributed by atoms with E-state index in [2.05, 4.69) is 10.6 Å². The van der Waals surface area contributed by atoms with Gasteiger partial charge in [-0.1, -0.05) is 0 Å². The molecule has 2 aliphatic rings. The Morgan fingerprint density at radius 2 is 2.50 bits per heavy atom. The van der Waals surface area contributed by atoms with Crippen LogP contribution < -0.4 is 10.6 Å². The van der Waals surface area contributed by atoms with Gasteiger partial charge in [-0.05, 0) is 0 Å². The molecule has 4 heteroatoms. The van der Waals surface area contributed by atoms with Crippen molar-refractivity contribution in [3.63, 3.8) is 0 Å². The molecule has 2 atom stereocenters. The van der Waals surface area contributed by atoms with Crippen LogP contribution in [0.15, 0.2) is 0 Å². The van der Waals surface area contributed by atoms with Gasteiger partial charge in [0, 0.05) is 13.1 Å². The van der Waals surface area contributed by atoms with Crippen molar-refractivity contribution in [2.45, 2.75) is 12.3 Å². The predicted octanol–water partition coefficient (Wildman–Crippen LogP) is -0.960. The second-order valence-corrected chi connectivity index (χ2v) is 2.44. The van der Waals surface area contributed by atoms with E-state index in [1.807, 2.05) is 0 Å². The van der Waals surface area contributed by atoms with Gasteiger partial charge in [-0.2, -0.15) is 0 Å². The Morgan fingerprint density at radius 3 is 3.10 bits per heavy atom. The van der Waals surface area contributed by atoms with Gasteiger partial charge in [-0.15, -0.1) is 0 Å². The third-order valence-corrected chi connectivity index (χ3v) is 1.73. The van der Waals surface area contributed by atoms with Gasteiger partial charge in [0.2, 0.25) is 0 Å². The number of nitrogens with one attached hydrogen (secondary N) is 2. The maximum absolute atomic E-state index is 5.32. The first-order chi connectivity index (χ1) is 4.97. The summed E-state index contributed by atoms with van der Waals surface area (Å²) in [5.74, 6) is 0. The molecule has 2 fully saturated rings. The van der Waals surface area contributed by atoms with E-state index in [0.717, 1.165) is 13.1 Å². The first kappa shape index (κ1) is 6.54. The highest BCUT2D eigenvalue weighted by molar-refractivity contribution is 4.81. The van der Waals surface area contributed by atoms with Crippen molar-refractivity contribution in [1.82, 2.24) is 10.6 Å². The molecule has 0 amide bonds. The van der Waals surface area contributed by atoms with Gasteiger partial charge in [-0.3, -0.25) is 10.6 Å². The summed E-state index contributed by atoms with van der Waals surface area (Å²) >= 11 is 0. The molecular weight excluding hydrogens is 132 g/mol. The van der Waals surface area contributed by atoms with Crippen molar-refractivity contribution in [3.05, 3.63) is 6.61 Å². The van der Waals surface area contributed by atoms with Gasteiger partial charge in [0.1, 0.15) is 12.3 Å². The van der Waals surface area contributed by atoms with Crippen LogP contribution in [0.25, 0.3) is 0 Å². The third kappa shape index (κ3) is 1.15. The molecule has 0 spiro atoms. The zero-order valence-electron chi connectivity index (χ0n) is 5.67. The maximum atomic E-state index is 5.32. The lowest BCUT2D eigenvalue weighted by molar-refractivity contribution is -0.00729. The quantitative estimate of drug-likeness (QED) is 0.496. The van der Waals surface area contributed by atoms with Crippen LogP contribution in [0, 0.1) is 6.61 Å². The van der Waals surface area contributed by atoms with E-state index >= 15 is 0 Å². The van der Waals surface area contributed by atoms with Crippen LogP contribution in [-0.2, 0) is 9.47 Å². The molecule has 10 heavy (non-hydrogen) atoms. The minimum atomic E-state index is 0.0648. The average molecular weight is 143 g/mol. The Hall–Kier alpha value is -0.160. The van der Waals surface area contributed by atoms with Crippen molar-refractivity contribution >= 4 is 0 Å². The zero-order chi connectivity index (χ0) is 6.81. The second-order valence-electron chi connectivity index (χ2n) is 2.44. The first-order valence-corrected chi connectivity index (χ1v) is 3.49.